The topological polar surface area (TPSA) is 78.4 Å². The molecule has 3 rings (SSSR count). The molecule has 0 bridgehead atoms. The van der Waals surface area contributed by atoms with Crippen molar-refractivity contribution in [2.24, 2.45) is 0 Å². The Balaban J connectivity index is 1.83. The lowest BCUT2D eigenvalue weighted by atomic mass is 10.2. The van der Waals surface area contributed by atoms with Gasteiger partial charge in [-0.25, -0.2) is 0 Å². The summed E-state index contributed by atoms with van der Waals surface area (Å²) in [5, 5.41) is 2.61. The molecule has 1 heterocycles. The van der Waals surface area contributed by atoms with Crippen LogP contribution in [0.25, 0.3) is 0 Å². The Morgan fingerprint density at radius 1 is 1.12 bits per heavy atom. The van der Waals surface area contributed by atoms with Gasteiger partial charge in [0, 0.05) is 17.8 Å². The maximum absolute atomic E-state index is 12.5. The van der Waals surface area contributed by atoms with Crippen LogP contribution in [-0.2, 0) is 32.0 Å². The molecule has 2 aromatic carbocycles. The summed E-state index contributed by atoms with van der Waals surface area (Å²) in [7, 11) is -3.72. The number of benzene rings is 2. The minimum atomic E-state index is -4.47. The summed E-state index contributed by atoms with van der Waals surface area (Å²) >= 11 is 0. The number of carbonyl (C=O) groups excluding carboxylic acids is 1. The zero-order valence-electron chi connectivity index (χ0n) is 12.1. The van der Waals surface area contributed by atoms with Crippen LogP contribution in [0.4, 0.5) is 24.5 Å². The highest BCUT2D eigenvalue weighted by atomic mass is 32.3. The summed E-state index contributed by atoms with van der Waals surface area (Å²) in [6, 6.07) is 8.12. The van der Waals surface area contributed by atoms with Gasteiger partial charge in [0.05, 0.1) is 17.7 Å². The Hall–Kier alpha value is -2.39. The SMILES string of the molecule is O=C1Cc2cc([S+](=O)(O)Nc3ccc(C(F)(F)F)cc3)ccc2N1. The summed E-state index contributed by atoms with van der Waals surface area (Å²) in [4.78, 5) is 11.4. The van der Waals surface area contributed by atoms with Crippen LogP contribution in [0.2, 0.25) is 0 Å². The van der Waals surface area contributed by atoms with Crippen LogP contribution >= 0.6 is 0 Å². The van der Waals surface area contributed by atoms with Crippen molar-refractivity contribution in [3.05, 3.63) is 53.6 Å². The molecule has 0 saturated heterocycles. The van der Waals surface area contributed by atoms with E-state index in [1.54, 1.807) is 0 Å². The number of carbonyl (C=O) groups is 1. The van der Waals surface area contributed by atoms with E-state index in [2.05, 4.69) is 10.0 Å². The Bertz CT molecular complexity index is 850. The molecule has 1 aliphatic rings. The fourth-order valence-electron chi connectivity index (χ4n) is 2.32. The predicted molar refractivity (Wildman–Crippen MR) is 82.8 cm³/mol. The molecule has 2 aromatic rings. The second-order valence-electron chi connectivity index (χ2n) is 5.25. The first kappa shape index (κ1) is 16.5. The number of rotatable bonds is 3. The molecule has 126 valence electrons. The lowest BCUT2D eigenvalue weighted by Gasteiger charge is -2.10. The molecule has 24 heavy (non-hydrogen) atoms. The van der Waals surface area contributed by atoms with Gasteiger partial charge in [0.15, 0.2) is 0 Å². The van der Waals surface area contributed by atoms with E-state index >= 15 is 0 Å². The highest BCUT2D eigenvalue weighted by Gasteiger charge is 2.33. The number of nitrogens with one attached hydrogen (secondary N) is 2. The van der Waals surface area contributed by atoms with E-state index in [1.807, 2.05) is 0 Å². The zero-order chi connectivity index (χ0) is 17.5. The van der Waals surface area contributed by atoms with Crippen molar-refractivity contribution in [3.8, 4) is 0 Å². The molecular weight excluding hydrogens is 345 g/mol. The van der Waals surface area contributed by atoms with Crippen LogP contribution in [-0.4, -0.2) is 10.5 Å². The maximum Gasteiger partial charge on any atom is 0.416 e. The van der Waals surface area contributed by atoms with Gasteiger partial charge in [-0.05, 0) is 40.1 Å². The summed E-state index contributed by atoms with van der Waals surface area (Å²) in [5.41, 5.74) is 0.395. The van der Waals surface area contributed by atoms with Gasteiger partial charge >= 0.3 is 16.6 Å². The van der Waals surface area contributed by atoms with Crippen LogP contribution in [0.5, 0.6) is 0 Å². The van der Waals surface area contributed by atoms with Gasteiger partial charge in [0.1, 0.15) is 0 Å². The highest BCUT2D eigenvalue weighted by Crippen LogP contribution is 2.31. The number of anilines is 2. The van der Waals surface area contributed by atoms with Gasteiger partial charge < -0.3 is 5.32 Å². The van der Waals surface area contributed by atoms with Crippen molar-refractivity contribution in [1.82, 2.24) is 0 Å². The van der Waals surface area contributed by atoms with E-state index in [0.29, 0.717) is 11.3 Å². The second kappa shape index (κ2) is 5.60. The zero-order valence-corrected chi connectivity index (χ0v) is 12.9. The fraction of sp³-hybridized carbons (Fsp3) is 0.133. The quantitative estimate of drug-likeness (QED) is 0.735. The average molecular weight is 357 g/mol. The van der Waals surface area contributed by atoms with Crippen molar-refractivity contribution >= 4 is 27.7 Å². The third kappa shape index (κ3) is 3.26. The van der Waals surface area contributed by atoms with E-state index in [4.69, 9.17) is 0 Å². The molecule has 0 saturated carbocycles. The third-order valence-electron chi connectivity index (χ3n) is 3.49. The molecule has 0 fully saturated rings. The molecule has 0 aromatic heterocycles. The molecule has 9 heteroatoms. The van der Waals surface area contributed by atoms with Gasteiger partial charge in [0.2, 0.25) is 10.8 Å². The first-order valence-corrected chi connectivity index (χ1v) is 8.31. The molecule has 1 atom stereocenters. The van der Waals surface area contributed by atoms with E-state index in [9.17, 15) is 26.7 Å². The minimum Gasteiger partial charge on any atom is -0.326 e. The van der Waals surface area contributed by atoms with Crippen LogP contribution in [0, 0.1) is 0 Å². The lowest BCUT2D eigenvalue weighted by molar-refractivity contribution is -0.137. The van der Waals surface area contributed by atoms with E-state index in [-0.39, 0.29) is 22.9 Å². The number of hydrogen-bond acceptors (Lipinski definition) is 2. The van der Waals surface area contributed by atoms with Gasteiger partial charge in [-0.2, -0.15) is 22.4 Å². The highest BCUT2D eigenvalue weighted by molar-refractivity contribution is 7.99. The van der Waals surface area contributed by atoms with E-state index in [0.717, 1.165) is 24.3 Å². The normalized spacial score (nSPS) is 16.2. The smallest absolute Gasteiger partial charge is 0.326 e. The summed E-state index contributed by atoms with van der Waals surface area (Å²) < 4.78 is 62.5. The van der Waals surface area contributed by atoms with Crippen molar-refractivity contribution in [3.63, 3.8) is 0 Å². The van der Waals surface area contributed by atoms with Crippen molar-refractivity contribution in [1.29, 1.82) is 0 Å². The van der Waals surface area contributed by atoms with E-state index in [1.165, 1.54) is 18.2 Å². The molecule has 0 aliphatic carbocycles. The standard InChI is InChI=1S/C15H11F3N2O3S/c16-15(17,18)10-1-3-11(4-2-10)20-24(22,23)12-5-6-13-9(7-12)8-14(21)19-13/h1-7H,8H2,(H2-,19,20,21,22,23)/p+1. The predicted octanol–water partition coefficient (Wildman–Crippen LogP) is 3.56. The number of hydrogen-bond donors (Lipinski definition) is 3. The second-order valence-corrected chi connectivity index (χ2v) is 6.97. The van der Waals surface area contributed by atoms with Gasteiger partial charge in [-0.15, -0.1) is 0 Å². The monoisotopic (exact) mass is 357 g/mol. The Labute approximate surface area is 136 Å². The average Bonchev–Trinajstić information content (AvgIpc) is 2.85. The Kier molecular flexibility index (Phi) is 3.84. The summed E-state index contributed by atoms with van der Waals surface area (Å²) in [5.74, 6) is -0.206. The van der Waals surface area contributed by atoms with Gasteiger partial charge in [0.25, 0.3) is 0 Å². The largest absolute Gasteiger partial charge is 0.416 e. The fourth-order valence-corrected chi connectivity index (χ4v) is 3.45. The molecule has 5 nitrogen and oxygen atoms in total. The van der Waals surface area contributed by atoms with Gasteiger partial charge in [-0.3, -0.25) is 4.79 Å². The van der Waals surface area contributed by atoms with Crippen molar-refractivity contribution in [2.45, 2.75) is 17.5 Å². The first-order chi connectivity index (χ1) is 11.1. The van der Waals surface area contributed by atoms with Crippen LogP contribution < -0.4 is 10.0 Å². The molecule has 0 spiro atoms. The molecule has 1 amide bonds. The number of amides is 1. The molecule has 1 aliphatic heterocycles. The maximum atomic E-state index is 12.5. The van der Waals surface area contributed by atoms with E-state index < -0.39 is 22.1 Å². The lowest BCUT2D eigenvalue weighted by Crippen LogP contribution is -2.20. The number of halogens is 3. The van der Waals surface area contributed by atoms with Crippen LogP contribution in [0.1, 0.15) is 11.1 Å². The molecule has 3 N–H and O–H groups in total. The molecular formula is C15H12F3N2O3S+. The Morgan fingerprint density at radius 2 is 1.79 bits per heavy atom. The third-order valence-corrected chi connectivity index (χ3v) is 4.89. The number of fused-ring (bicyclic) bond motifs is 1. The molecule has 0 radical (unpaired) electrons. The molecule has 1 unspecified atom stereocenters. The number of alkyl halides is 3. The summed E-state index contributed by atoms with van der Waals surface area (Å²) in [6.45, 7) is 0. The Morgan fingerprint density at radius 3 is 2.42 bits per heavy atom. The van der Waals surface area contributed by atoms with Crippen LogP contribution in [0.15, 0.2) is 47.4 Å². The van der Waals surface area contributed by atoms with Crippen LogP contribution in [0.3, 0.4) is 0 Å². The first-order valence-electron chi connectivity index (χ1n) is 6.80. The minimum absolute atomic E-state index is 0.0395. The summed E-state index contributed by atoms with van der Waals surface area (Å²) in [6.07, 6.45) is -4.36. The van der Waals surface area contributed by atoms with Crippen molar-refractivity contribution in [2.75, 3.05) is 10.0 Å². The van der Waals surface area contributed by atoms with Gasteiger partial charge in [-0.1, -0.05) is 0 Å². The van der Waals surface area contributed by atoms with Crippen molar-refractivity contribution < 1.29 is 26.7 Å².